The Morgan fingerprint density at radius 2 is 1.64 bits per heavy atom. The second kappa shape index (κ2) is 10.4. The van der Waals surface area contributed by atoms with Crippen LogP contribution in [0.1, 0.15) is 97.7 Å². The normalized spacial score (nSPS) is 19.5. The van der Waals surface area contributed by atoms with Crippen LogP contribution in [0.2, 0.25) is 0 Å². The largest absolute Gasteiger partial charge is 0.478 e. The second-order valence-electron chi connectivity index (χ2n) is 13.4. The Labute approximate surface area is 248 Å². The summed E-state index contributed by atoms with van der Waals surface area (Å²) in [4.78, 5) is 28.2. The summed E-state index contributed by atoms with van der Waals surface area (Å²) in [6.07, 6.45) is 11.4. The van der Waals surface area contributed by atoms with E-state index in [0.717, 1.165) is 42.9 Å². The van der Waals surface area contributed by atoms with Gasteiger partial charge < -0.3 is 14.7 Å². The van der Waals surface area contributed by atoms with Gasteiger partial charge in [0.15, 0.2) is 5.71 Å². The number of anilines is 1. The van der Waals surface area contributed by atoms with Crippen molar-refractivity contribution in [2.45, 2.75) is 71.3 Å². The van der Waals surface area contributed by atoms with Crippen LogP contribution < -0.4 is 4.90 Å². The molecule has 4 aliphatic rings. The predicted molar refractivity (Wildman–Crippen MR) is 167 cm³/mol. The zero-order chi connectivity index (χ0) is 29.8. The molecule has 2 heterocycles. The van der Waals surface area contributed by atoms with Gasteiger partial charge >= 0.3 is 11.9 Å². The lowest BCUT2D eigenvalue weighted by atomic mass is 9.64. The molecule has 2 fully saturated rings. The van der Waals surface area contributed by atoms with Crippen molar-refractivity contribution in [1.29, 1.82) is 0 Å². The van der Waals surface area contributed by atoms with E-state index in [-0.39, 0.29) is 11.0 Å². The van der Waals surface area contributed by atoms with Crippen molar-refractivity contribution in [3.8, 4) is 0 Å². The minimum Gasteiger partial charge on any atom is -0.478 e. The van der Waals surface area contributed by atoms with E-state index in [1.165, 1.54) is 48.2 Å². The molecule has 2 aromatic carbocycles. The molecule has 0 atom stereocenters. The van der Waals surface area contributed by atoms with E-state index in [4.69, 9.17) is 4.74 Å². The van der Waals surface area contributed by atoms with Crippen LogP contribution in [0.4, 0.5) is 5.69 Å². The summed E-state index contributed by atoms with van der Waals surface area (Å²) in [5.74, 6) is -1.49. The summed E-state index contributed by atoms with van der Waals surface area (Å²) in [5.41, 5.74) is 7.69. The molecule has 0 aromatic heterocycles. The van der Waals surface area contributed by atoms with Crippen molar-refractivity contribution in [3.63, 3.8) is 0 Å². The Morgan fingerprint density at radius 1 is 0.929 bits per heavy atom. The van der Waals surface area contributed by atoms with Gasteiger partial charge in [0.2, 0.25) is 0 Å². The lowest BCUT2D eigenvalue weighted by Gasteiger charge is -2.40. The molecule has 2 aliphatic carbocycles. The molecule has 2 aliphatic heterocycles. The van der Waals surface area contributed by atoms with Crippen LogP contribution >= 0.6 is 0 Å². The Bertz CT molecular complexity index is 1600. The third kappa shape index (κ3) is 5.01. The number of benzene rings is 2. The molecule has 2 aromatic rings. The summed E-state index contributed by atoms with van der Waals surface area (Å²) >= 11 is 0. The smallest absolute Gasteiger partial charge is 0.338 e. The van der Waals surface area contributed by atoms with Gasteiger partial charge in [-0.05, 0) is 103 Å². The van der Waals surface area contributed by atoms with Crippen LogP contribution in [0.3, 0.4) is 0 Å². The minimum atomic E-state index is -1.02. The molecular formula is C36H41N2O4+. The Balaban J connectivity index is 1.61. The van der Waals surface area contributed by atoms with Crippen molar-refractivity contribution in [3.05, 3.63) is 93.6 Å². The third-order valence-corrected chi connectivity index (χ3v) is 8.99. The summed E-state index contributed by atoms with van der Waals surface area (Å²) in [7, 11) is 0. The van der Waals surface area contributed by atoms with E-state index in [2.05, 4.69) is 59.8 Å². The number of rotatable bonds is 4. The summed E-state index contributed by atoms with van der Waals surface area (Å²) in [6.45, 7) is 14.2. The van der Waals surface area contributed by atoms with Gasteiger partial charge in [0.1, 0.15) is 18.7 Å². The van der Waals surface area contributed by atoms with Gasteiger partial charge in [0.25, 0.3) is 0 Å². The second-order valence-corrected chi connectivity index (χ2v) is 13.4. The van der Waals surface area contributed by atoms with E-state index < -0.39 is 17.5 Å². The quantitative estimate of drug-likeness (QED) is 0.327. The number of carboxylic acid groups (broad SMARTS) is 1. The molecule has 6 rings (SSSR count). The molecule has 0 unspecified atom stereocenters. The molecule has 42 heavy (non-hydrogen) atoms. The highest BCUT2D eigenvalue weighted by Gasteiger charge is 2.40. The maximum absolute atomic E-state index is 13.2. The number of hydrogen-bond acceptors (Lipinski definition) is 4. The fourth-order valence-electron chi connectivity index (χ4n) is 6.86. The fourth-order valence-corrected chi connectivity index (χ4v) is 6.86. The topological polar surface area (TPSA) is 69.9 Å². The van der Waals surface area contributed by atoms with Crippen molar-refractivity contribution in [2.24, 2.45) is 0 Å². The van der Waals surface area contributed by atoms with Crippen LogP contribution in [-0.2, 0) is 10.2 Å². The number of allylic oxidation sites excluding steroid dienone is 5. The first-order chi connectivity index (χ1) is 19.9. The molecule has 0 saturated carbocycles. The SMILES string of the molecule is CC(C)(C)OC(=O)c1ccc(C(=O)O)c(C2=C3C=CC(=[N+]4CCCC4)C=C3C(C)(C)c3cc(N4CCCC4)ccc32)c1. The molecule has 218 valence electrons. The zero-order valence-electron chi connectivity index (χ0n) is 25.4. The average molecular weight is 566 g/mol. The number of carbonyl (C=O) groups excluding carboxylic acids is 1. The monoisotopic (exact) mass is 565 g/mol. The Hall–Kier alpha value is -3.93. The fraction of sp³-hybridized carbons (Fsp3) is 0.417. The van der Waals surface area contributed by atoms with E-state index in [1.807, 2.05) is 20.8 Å². The molecule has 0 spiro atoms. The maximum Gasteiger partial charge on any atom is 0.338 e. The first kappa shape index (κ1) is 28.2. The number of nitrogens with zero attached hydrogens (tertiary/aromatic N) is 2. The summed E-state index contributed by atoms with van der Waals surface area (Å²) in [6, 6.07) is 11.4. The zero-order valence-corrected chi connectivity index (χ0v) is 25.4. The van der Waals surface area contributed by atoms with Crippen molar-refractivity contribution in [2.75, 3.05) is 31.1 Å². The van der Waals surface area contributed by atoms with Crippen molar-refractivity contribution >= 4 is 28.9 Å². The van der Waals surface area contributed by atoms with Crippen molar-refractivity contribution in [1.82, 2.24) is 0 Å². The molecule has 0 bridgehead atoms. The standard InChI is InChI=1S/C36H40N2O4/c1-35(2,3)42-34(41)23-10-13-26(33(39)40)29(20-23)32-27-14-11-24(37-16-6-7-17-37)21-30(27)36(4,5)31-22-25(12-15-28(31)32)38-18-8-9-19-38/h10-15,20-22H,6-9,16-19H2,1-5H3/p+1. The number of esters is 1. The van der Waals surface area contributed by atoms with Crippen LogP contribution in [0.15, 0.2) is 65.8 Å². The molecule has 0 radical (unpaired) electrons. The predicted octanol–water partition coefficient (Wildman–Crippen LogP) is 6.78. The van der Waals surface area contributed by atoms with Gasteiger partial charge in [-0.15, -0.1) is 0 Å². The van der Waals surface area contributed by atoms with Crippen LogP contribution in [0.25, 0.3) is 5.57 Å². The van der Waals surface area contributed by atoms with Gasteiger partial charge in [-0.25, -0.2) is 14.2 Å². The van der Waals surface area contributed by atoms with Crippen LogP contribution in [0, 0.1) is 0 Å². The number of carbonyl (C=O) groups is 2. The number of hydrogen-bond donors (Lipinski definition) is 1. The van der Waals surface area contributed by atoms with E-state index in [1.54, 1.807) is 18.2 Å². The van der Waals surface area contributed by atoms with E-state index in [9.17, 15) is 14.7 Å². The number of aromatic carboxylic acids is 1. The Morgan fingerprint density at radius 3 is 2.31 bits per heavy atom. The number of carboxylic acids is 1. The molecule has 2 saturated heterocycles. The molecule has 1 N–H and O–H groups in total. The molecule has 6 nitrogen and oxygen atoms in total. The molecule has 0 amide bonds. The highest BCUT2D eigenvalue weighted by atomic mass is 16.6. The summed E-state index contributed by atoms with van der Waals surface area (Å²) < 4.78 is 8.12. The summed E-state index contributed by atoms with van der Waals surface area (Å²) in [5, 5.41) is 10.3. The lowest BCUT2D eigenvalue weighted by molar-refractivity contribution is -0.504. The van der Waals surface area contributed by atoms with E-state index in [0.29, 0.717) is 11.1 Å². The number of ether oxygens (including phenoxy) is 1. The van der Waals surface area contributed by atoms with Crippen LogP contribution in [0.5, 0.6) is 0 Å². The van der Waals surface area contributed by atoms with E-state index >= 15 is 0 Å². The lowest BCUT2D eigenvalue weighted by Crippen LogP contribution is -2.31. The first-order valence-electron chi connectivity index (χ1n) is 15.2. The third-order valence-electron chi connectivity index (χ3n) is 8.99. The van der Waals surface area contributed by atoms with Gasteiger partial charge in [-0.1, -0.05) is 19.9 Å². The number of fused-ring (bicyclic) bond motifs is 2. The highest BCUT2D eigenvalue weighted by Crippen LogP contribution is 2.51. The van der Waals surface area contributed by atoms with Gasteiger partial charge in [0, 0.05) is 49.2 Å². The Kier molecular flexibility index (Phi) is 6.99. The maximum atomic E-state index is 13.2. The first-order valence-corrected chi connectivity index (χ1v) is 15.2. The van der Waals surface area contributed by atoms with Gasteiger partial charge in [-0.3, -0.25) is 0 Å². The average Bonchev–Trinajstić information content (AvgIpc) is 3.67. The minimum absolute atomic E-state index is 0.168. The van der Waals surface area contributed by atoms with Crippen molar-refractivity contribution < 1.29 is 24.0 Å². The highest BCUT2D eigenvalue weighted by molar-refractivity contribution is 6.08. The molecular weight excluding hydrogens is 524 g/mol. The molecule has 6 heteroatoms. The van der Waals surface area contributed by atoms with Crippen LogP contribution in [-0.4, -0.2) is 59.1 Å². The van der Waals surface area contributed by atoms with Gasteiger partial charge in [-0.2, -0.15) is 0 Å². The van der Waals surface area contributed by atoms with Gasteiger partial charge in [0.05, 0.1) is 11.1 Å².